The largest absolute Gasteiger partial charge is 0.444 e. The van der Waals surface area contributed by atoms with Crippen molar-refractivity contribution in [3.05, 3.63) is 0 Å². The predicted octanol–water partition coefficient (Wildman–Crippen LogP) is 3.52. The molecule has 3 rings (SSSR count). The van der Waals surface area contributed by atoms with E-state index in [2.05, 4.69) is 22.5 Å². The smallest absolute Gasteiger partial charge is 0.410 e. The van der Waals surface area contributed by atoms with Crippen molar-refractivity contribution >= 4 is 36.0 Å². The van der Waals surface area contributed by atoms with E-state index in [-0.39, 0.29) is 42.2 Å². The van der Waals surface area contributed by atoms with Crippen molar-refractivity contribution in [3.8, 4) is 0 Å². The molecule has 0 spiro atoms. The SMILES string of the molecule is CCNC(=NCCOCC1CC1)NC1CC2CCC(C1)N2C(=O)OC(C)(C)C.I. The van der Waals surface area contributed by atoms with E-state index in [0.29, 0.717) is 19.2 Å². The molecular weight excluding hydrogens is 483 g/mol. The highest BCUT2D eigenvalue weighted by atomic mass is 127. The first-order chi connectivity index (χ1) is 13.4. The number of nitrogens with zero attached hydrogens (tertiary/aromatic N) is 2. The number of ether oxygens (including phenoxy) is 2. The highest BCUT2D eigenvalue weighted by Crippen LogP contribution is 2.36. The zero-order valence-corrected chi connectivity index (χ0v) is 20.7. The Bertz CT molecular complexity index is 549. The second-order valence-corrected chi connectivity index (χ2v) is 9.36. The van der Waals surface area contributed by atoms with Gasteiger partial charge in [0, 0.05) is 31.3 Å². The molecule has 2 N–H and O–H groups in total. The number of guanidine groups is 1. The van der Waals surface area contributed by atoms with Crippen LogP contribution in [0.1, 0.15) is 66.2 Å². The van der Waals surface area contributed by atoms with Crippen LogP contribution >= 0.6 is 24.0 Å². The summed E-state index contributed by atoms with van der Waals surface area (Å²) >= 11 is 0. The first kappa shape index (κ1) is 24.5. The van der Waals surface area contributed by atoms with Crippen LogP contribution in [0.4, 0.5) is 4.79 Å². The minimum Gasteiger partial charge on any atom is -0.444 e. The van der Waals surface area contributed by atoms with Gasteiger partial charge in [-0.3, -0.25) is 4.99 Å². The molecular formula is C21H39IN4O3. The van der Waals surface area contributed by atoms with Crippen LogP contribution in [0.15, 0.2) is 4.99 Å². The molecule has 29 heavy (non-hydrogen) atoms. The third kappa shape index (κ3) is 7.77. The van der Waals surface area contributed by atoms with Crippen LogP contribution in [0.3, 0.4) is 0 Å². The third-order valence-electron chi connectivity index (χ3n) is 5.58. The van der Waals surface area contributed by atoms with Gasteiger partial charge >= 0.3 is 6.09 Å². The van der Waals surface area contributed by atoms with Gasteiger partial charge in [0.05, 0.1) is 13.2 Å². The molecule has 3 fully saturated rings. The molecule has 168 valence electrons. The number of hydrogen-bond acceptors (Lipinski definition) is 4. The van der Waals surface area contributed by atoms with Gasteiger partial charge in [-0.15, -0.1) is 24.0 Å². The van der Waals surface area contributed by atoms with Gasteiger partial charge in [0.25, 0.3) is 0 Å². The molecule has 2 aliphatic heterocycles. The van der Waals surface area contributed by atoms with Crippen molar-refractivity contribution < 1.29 is 14.3 Å². The number of halogens is 1. The number of nitrogens with one attached hydrogen (secondary N) is 2. The molecule has 0 aromatic heterocycles. The van der Waals surface area contributed by atoms with Crippen LogP contribution in [0, 0.1) is 5.92 Å². The fourth-order valence-corrected chi connectivity index (χ4v) is 4.18. The lowest BCUT2D eigenvalue weighted by Crippen LogP contribution is -2.55. The molecule has 2 saturated heterocycles. The van der Waals surface area contributed by atoms with E-state index in [0.717, 1.165) is 50.7 Å². The van der Waals surface area contributed by atoms with Crippen LogP contribution in [0.2, 0.25) is 0 Å². The second-order valence-electron chi connectivity index (χ2n) is 9.36. The quantitative estimate of drug-likeness (QED) is 0.232. The van der Waals surface area contributed by atoms with E-state index in [1.165, 1.54) is 12.8 Å². The van der Waals surface area contributed by atoms with Crippen molar-refractivity contribution in [2.75, 3.05) is 26.3 Å². The van der Waals surface area contributed by atoms with Crippen molar-refractivity contribution in [2.24, 2.45) is 10.9 Å². The van der Waals surface area contributed by atoms with Gasteiger partial charge in [0.1, 0.15) is 5.60 Å². The molecule has 0 aromatic carbocycles. The molecule has 1 amide bonds. The van der Waals surface area contributed by atoms with Crippen molar-refractivity contribution in [1.82, 2.24) is 15.5 Å². The summed E-state index contributed by atoms with van der Waals surface area (Å²) in [6.07, 6.45) is 6.48. The summed E-state index contributed by atoms with van der Waals surface area (Å²) in [7, 11) is 0. The number of aliphatic imine (C=N–C) groups is 1. The summed E-state index contributed by atoms with van der Waals surface area (Å²) in [5.41, 5.74) is -0.446. The number of piperidine rings is 1. The van der Waals surface area contributed by atoms with Crippen molar-refractivity contribution in [2.45, 2.75) is 89.9 Å². The summed E-state index contributed by atoms with van der Waals surface area (Å²) in [5, 5.41) is 6.92. The summed E-state index contributed by atoms with van der Waals surface area (Å²) < 4.78 is 11.3. The molecule has 2 bridgehead atoms. The second kappa shape index (κ2) is 11.0. The van der Waals surface area contributed by atoms with Gasteiger partial charge < -0.3 is 25.0 Å². The predicted molar refractivity (Wildman–Crippen MR) is 126 cm³/mol. The van der Waals surface area contributed by atoms with E-state index < -0.39 is 5.60 Å². The Morgan fingerprint density at radius 3 is 2.34 bits per heavy atom. The van der Waals surface area contributed by atoms with Crippen molar-refractivity contribution in [3.63, 3.8) is 0 Å². The Balaban J connectivity index is 0.00000300. The Morgan fingerprint density at radius 1 is 1.14 bits per heavy atom. The molecule has 2 unspecified atom stereocenters. The molecule has 1 saturated carbocycles. The molecule has 1 aliphatic carbocycles. The van der Waals surface area contributed by atoms with Crippen LogP contribution < -0.4 is 10.6 Å². The lowest BCUT2D eigenvalue weighted by atomic mass is 9.98. The van der Waals surface area contributed by atoms with Crippen LogP contribution in [0.25, 0.3) is 0 Å². The van der Waals surface area contributed by atoms with Gasteiger partial charge in [0.2, 0.25) is 0 Å². The Hall–Kier alpha value is -0.770. The third-order valence-corrected chi connectivity index (χ3v) is 5.58. The maximum Gasteiger partial charge on any atom is 0.410 e. The fourth-order valence-electron chi connectivity index (χ4n) is 4.18. The normalized spacial score (nSPS) is 26.7. The molecule has 0 aromatic rings. The average molecular weight is 522 g/mol. The fraction of sp³-hybridized carbons (Fsp3) is 0.905. The number of carbonyl (C=O) groups is 1. The van der Waals surface area contributed by atoms with E-state index in [4.69, 9.17) is 9.47 Å². The maximum absolute atomic E-state index is 12.6. The van der Waals surface area contributed by atoms with Gasteiger partial charge in [-0.1, -0.05) is 0 Å². The minimum absolute atomic E-state index is 0. The molecule has 2 heterocycles. The van der Waals surface area contributed by atoms with E-state index >= 15 is 0 Å². The molecule has 7 nitrogen and oxygen atoms in total. The number of carbonyl (C=O) groups excluding carboxylic acids is 1. The molecule has 0 radical (unpaired) electrons. The average Bonchev–Trinajstić information content (AvgIpc) is 3.37. The first-order valence-corrected chi connectivity index (χ1v) is 11.0. The Morgan fingerprint density at radius 2 is 1.79 bits per heavy atom. The molecule has 8 heteroatoms. The summed E-state index contributed by atoms with van der Waals surface area (Å²) in [6, 6.07) is 0.855. The van der Waals surface area contributed by atoms with Gasteiger partial charge in [-0.05, 0) is 72.1 Å². The van der Waals surface area contributed by atoms with Crippen LogP contribution in [-0.2, 0) is 9.47 Å². The number of fused-ring (bicyclic) bond motifs is 2. The highest BCUT2D eigenvalue weighted by molar-refractivity contribution is 14.0. The number of rotatable bonds is 7. The zero-order valence-electron chi connectivity index (χ0n) is 18.4. The number of hydrogen-bond donors (Lipinski definition) is 2. The summed E-state index contributed by atoms with van der Waals surface area (Å²) in [5.74, 6) is 1.65. The van der Waals surface area contributed by atoms with Gasteiger partial charge in [-0.2, -0.15) is 0 Å². The molecule has 2 atom stereocenters. The lowest BCUT2D eigenvalue weighted by Gasteiger charge is -2.40. The van der Waals surface area contributed by atoms with E-state index in [1.54, 1.807) is 0 Å². The Kier molecular flexibility index (Phi) is 9.31. The minimum atomic E-state index is -0.446. The topological polar surface area (TPSA) is 75.2 Å². The van der Waals surface area contributed by atoms with E-state index in [9.17, 15) is 4.79 Å². The highest BCUT2D eigenvalue weighted by Gasteiger charge is 2.45. The summed E-state index contributed by atoms with van der Waals surface area (Å²) in [4.78, 5) is 19.2. The van der Waals surface area contributed by atoms with E-state index in [1.807, 2.05) is 25.7 Å². The zero-order chi connectivity index (χ0) is 20.1. The number of amides is 1. The van der Waals surface area contributed by atoms with Gasteiger partial charge in [0.15, 0.2) is 5.96 Å². The van der Waals surface area contributed by atoms with Crippen LogP contribution in [-0.4, -0.2) is 67.0 Å². The Labute approximate surface area is 192 Å². The van der Waals surface area contributed by atoms with Gasteiger partial charge in [-0.25, -0.2) is 4.79 Å². The van der Waals surface area contributed by atoms with Crippen LogP contribution in [0.5, 0.6) is 0 Å². The molecule has 3 aliphatic rings. The lowest BCUT2D eigenvalue weighted by molar-refractivity contribution is 0.00545. The maximum atomic E-state index is 12.6. The summed E-state index contributed by atoms with van der Waals surface area (Å²) in [6.45, 7) is 10.9. The first-order valence-electron chi connectivity index (χ1n) is 11.0. The standard InChI is InChI=1S/C21H38N4O3.HI/c1-5-22-19(23-10-11-27-14-15-6-7-15)24-16-12-17-8-9-18(13-16)25(17)20(26)28-21(2,3)4;/h15-18H,5-14H2,1-4H3,(H2,22,23,24);1H. The van der Waals surface area contributed by atoms with Crippen molar-refractivity contribution in [1.29, 1.82) is 0 Å². The monoisotopic (exact) mass is 522 g/mol.